The topological polar surface area (TPSA) is 6.48 Å². The summed E-state index contributed by atoms with van der Waals surface area (Å²) in [6, 6.07) is 0. The molecule has 3 heteroatoms. The second-order valence-electron chi connectivity index (χ2n) is 7.02. The Labute approximate surface area is 144 Å². The molecular weight excluding hydrogens is 288 g/mol. The van der Waals surface area contributed by atoms with Crippen molar-refractivity contribution in [1.82, 2.24) is 9.80 Å². The van der Waals surface area contributed by atoms with Crippen molar-refractivity contribution in [3.63, 3.8) is 0 Å². The minimum absolute atomic E-state index is 0.424. The van der Waals surface area contributed by atoms with Crippen LogP contribution in [0.1, 0.15) is 59.8 Å². The van der Waals surface area contributed by atoms with Gasteiger partial charge in [-0.15, -0.1) is 6.58 Å². The molecule has 2 atom stereocenters. The highest BCUT2D eigenvalue weighted by Crippen LogP contribution is 2.26. The molecule has 2 aliphatic rings. The van der Waals surface area contributed by atoms with Crippen LogP contribution in [0.15, 0.2) is 12.2 Å². The van der Waals surface area contributed by atoms with Crippen molar-refractivity contribution in [2.24, 2.45) is 11.8 Å². The maximum atomic E-state index is 4.56. The minimum Gasteiger partial charge on any atom is -0.303 e. The van der Waals surface area contributed by atoms with Crippen LogP contribution in [-0.4, -0.2) is 47.9 Å². The number of rotatable bonds is 6. The Morgan fingerprint density at radius 2 is 1.73 bits per heavy atom. The standard InChI is InChI=1S/C17H32N2S.C2H6/c1-14(2)4-5-16-6-9-18(10-7-16)12-17-8-11-19(13-17)15(3)20;1-2/h15-17,20H,1,4-13H2,2-3H3;1-2H3. The van der Waals surface area contributed by atoms with E-state index in [-0.39, 0.29) is 0 Å². The van der Waals surface area contributed by atoms with Crippen molar-refractivity contribution in [2.75, 3.05) is 32.7 Å². The summed E-state index contributed by atoms with van der Waals surface area (Å²) >= 11 is 4.56. The zero-order valence-corrected chi connectivity index (χ0v) is 16.2. The maximum absolute atomic E-state index is 4.56. The molecule has 0 N–H and O–H groups in total. The van der Waals surface area contributed by atoms with Crippen molar-refractivity contribution < 1.29 is 0 Å². The Morgan fingerprint density at radius 1 is 1.14 bits per heavy atom. The number of allylic oxidation sites excluding steroid dienone is 1. The van der Waals surface area contributed by atoms with Crippen LogP contribution >= 0.6 is 12.6 Å². The lowest BCUT2D eigenvalue weighted by Crippen LogP contribution is -2.38. The van der Waals surface area contributed by atoms with E-state index in [1.165, 1.54) is 70.4 Å². The molecule has 130 valence electrons. The van der Waals surface area contributed by atoms with Crippen LogP contribution in [0.2, 0.25) is 0 Å². The second kappa shape index (κ2) is 10.7. The van der Waals surface area contributed by atoms with Gasteiger partial charge in [-0.05, 0) is 77.4 Å². The van der Waals surface area contributed by atoms with E-state index in [2.05, 4.69) is 42.9 Å². The normalized spacial score (nSPS) is 25.6. The van der Waals surface area contributed by atoms with E-state index in [1.54, 1.807) is 0 Å². The van der Waals surface area contributed by atoms with Gasteiger partial charge >= 0.3 is 0 Å². The van der Waals surface area contributed by atoms with Crippen LogP contribution in [0.3, 0.4) is 0 Å². The van der Waals surface area contributed by atoms with Crippen LogP contribution in [0.25, 0.3) is 0 Å². The van der Waals surface area contributed by atoms with Gasteiger partial charge in [0.1, 0.15) is 0 Å². The van der Waals surface area contributed by atoms with Crippen molar-refractivity contribution in [2.45, 2.75) is 65.2 Å². The summed E-state index contributed by atoms with van der Waals surface area (Å²) in [6.45, 7) is 18.8. The molecule has 0 aromatic heterocycles. The average Bonchev–Trinajstić information content (AvgIpc) is 2.97. The molecular formula is C19H38N2S. The minimum atomic E-state index is 0.424. The van der Waals surface area contributed by atoms with Crippen LogP contribution in [0.4, 0.5) is 0 Å². The second-order valence-corrected chi connectivity index (χ2v) is 7.77. The summed E-state index contributed by atoms with van der Waals surface area (Å²) in [7, 11) is 0. The predicted octanol–water partition coefficient (Wildman–Crippen LogP) is 4.68. The molecule has 0 aromatic carbocycles. The fourth-order valence-corrected chi connectivity index (χ4v) is 3.83. The Hall–Kier alpha value is 0.0100. The number of thiol groups is 1. The number of piperidine rings is 1. The molecule has 0 bridgehead atoms. The first-order valence-electron chi connectivity index (χ1n) is 9.33. The monoisotopic (exact) mass is 326 g/mol. The zero-order chi connectivity index (χ0) is 16.5. The lowest BCUT2D eigenvalue weighted by Gasteiger charge is -2.33. The van der Waals surface area contributed by atoms with E-state index < -0.39 is 0 Å². The molecule has 2 fully saturated rings. The van der Waals surface area contributed by atoms with E-state index >= 15 is 0 Å². The number of hydrogen-bond acceptors (Lipinski definition) is 3. The SMILES string of the molecule is C=C(C)CCC1CCN(CC2CCN(C(C)S)C2)CC1.CC. The predicted molar refractivity (Wildman–Crippen MR) is 103 cm³/mol. The van der Waals surface area contributed by atoms with Crippen molar-refractivity contribution in [3.05, 3.63) is 12.2 Å². The summed E-state index contributed by atoms with van der Waals surface area (Å²) in [5, 5.41) is 0.424. The average molecular weight is 327 g/mol. The van der Waals surface area contributed by atoms with Crippen molar-refractivity contribution >= 4 is 12.6 Å². The summed E-state index contributed by atoms with van der Waals surface area (Å²) in [5.41, 5.74) is 1.35. The molecule has 0 spiro atoms. The summed E-state index contributed by atoms with van der Waals surface area (Å²) in [4.78, 5) is 5.21. The highest BCUT2D eigenvalue weighted by Gasteiger charge is 2.27. The number of nitrogens with zero attached hydrogens (tertiary/aromatic N) is 2. The quantitative estimate of drug-likeness (QED) is 0.559. The van der Waals surface area contributed by atoms with Gasteiger partial charge in [0.15, 0.2) is 0 Å². The first kappa shape index (κ1) is 20.1. The Bertz CT molecular complexity index is 309. The molecule has 2 nitrogen and oxygen atoms in total. The molecule has 2 rings (SSSR count). The van der Waals surface area contributed by atoms with E-state index in [9.17, 15) is 0 Å². The third-order valence-corrected chi connectivity index (χ3v) is 5.38. The highest BCUT2D eigenvalue weighted by molar-refractivity contribution is 7.80. The molecule has 22 heavy (non-hydrogen) atoms. The molecule has 2 heterocycles. The van der Waals surface area contributed by atoms with Crippen molar-refractivity contribution in [3.8, 4) is 0 Å². The Morgan fingerprint density at radius 3 is 2.23 bits per heavy atom. The van der Waals surface area contributed by atoms with Gasteiger partial charge in [0.2, 0.25) is 0 Å². The largest absolute Gasteiger partial charge is 0.303 e. The summed E-state index contributed by atoms with van der Waals surface area (Å²) in [5.74, 6) is 1.82. The Kier molecular flexibility index (Phi) is 9.77. The van der Waals surface area contributed by atoms with Gasteiger partial charge < -0.3 is 4.90 Å². The first-order valence-corrected chi connectivity index (χ1v) is 9.85. The smallest absolute Gasteiger partial charge is 0.0499 e. The molecule has 2 saturated heterocycles. The lowest BCUT2D eigenvalue weighted by atomic mass is 9.90. The van der Waals surface area contributed by atoms with E-state index in [0.717, 1.165) is 11.8 Å². The highest BCUT2D eigenvalue weighted by atomic mass is 32.1. The number of hydrogen-bond donors (Lipinski definition) is 1. The van der Waals surface area contributed by atoms with Gasteiger partial charge in [-0.25, -0.2) is 0 Å². The Balaban J connectivity index is 0.00000116. The third kappa shape index (κ3) is 7.06. The maximum Gasteiger partial charge on any atom is 0.0499 e. The van der Waals surface area contributed by atoms with Gasteiger partial charge in [-0.3, -0.25) is 4.90 Å². The fourth-order valence-electron chi connectivity index (χ4n) is 3.62. The van der Waals surface area contributed by atoms with Gasteiger partial charge in [0.25, 0.3) is 0 Å². The van der Waals surface area contributed by atoms with E-state index in [4.69, 9.17) is 0 Å². The van der Waals surface area contributed by atoms with E-state index in [1.807, 2.05) is 13.8 Å². The van der Waals surface area contributed by atoms with Crippen LogP contribution < -0.4 is 0 Å². The van der Waals surface area contributed by atoms with Gasteiger partial charge in [0.05, 0.1) is 0 Å². The van der Waals surface area contributed by atoms with Crippen LogP contribution in [0, 0.1) is 11.8 Å². The molecule has 2 aliphatic heterocycles. The first-order chi connectivity index (χ1) is 10.5. The molecule has 0 aromatic rings. The summed E-state index contributed by atoms with van der Waals surface area (Å²) < 4.78 is 0. The van der Waals surface area contributed by atoms with Crippen molar-refractivity contribution in [1.29, 1.82) is 0 Å². The fraction of sp³-hybridized carbons (Fsp3) is 0.895. The van der Waals surface area contributed by atoms with Gasteiger partial charge in [-0.1, -0.05) is 19.4 Å². The molecule has 2 unspecified atom stereocenters. The zero-order valence-electron chi connectivity index (χ0n) is 15.4. The van der Waals surface area contributed by atoms with Gasteiger partial charge in [0, 0.05) is 18.5 Å². The molecule has 0 aliphatic carbocycles. The molecule has 0 amide bonds. The third-order valence-electron chi connectivity index (χ3n) is 5.05. The van der Waals surface area contributed by atoms with Crippen LogP contribution in [-0.2, 0) is 0 Å². The van der Waals surface area contributed by atoms with E-state index in [0.29, 0.717) is 5.37 Å². The molecule has 0 radical (unpaired) electrons. The molecule has 0 saturated carbocycles. The summed E-state index contributed by atoms with van der Waals surface area (Å²) in [6.07, 6.45) is 6.74. The number of likely N-dealkylation sites (tertiary alicyclic amines) is 2. The lowest BCUT2D eigenvalue weighted by molar-refractivity contribution is 0.156. The van der Waals surface area contributed by atoms with Crippen LogP contribution in [0.5, 0.6) is 0 Å². The van der Waals surface area contributed by atoms with Gasteiger partial charge in [-0.2, -0.15) is 12.6 Å².